The van der Waals surface area contributed by atoms with Gasteiger partial charge in [-0.2, -0.15) is 0 Å². The van der Waals surface area contributed by atoms with Crippen LogP contribution >= 0.6 is 0 Å². The summed E-state index contributed by atoms with van der Waals surface area (Å²) in [5, 5.41) is 12.1. The lowest BCUT2D eigenvalue weighted by Crippen LogP contribution is -1.98. The van der Waals surface area contributed by atoms with Gasteiger partial charge in [0.15, 0.2) is 0 Å². The number of aryl methyl sites for hydroxylation is 1. The van der Waals surface area contributed by atoms with Crippen molar-refractivity contribution in [2.75, 3.05) is 0 Å². The molecule has 0 amide bonds. The molecule has 0 spiro atoms. The van der Waals surface area contributed by atoms with E-state index in [0.717, 1.165) is 61.2 Å². The van der Waals surface area contributed by atoms with E-state index in [1.807, 2.05) is 12.1 Å². The van der Waals surface area contributed by atoms with Gasteiger partial charge in [0.05, 0.1) is 28.1 Å². The molecule has 0 aliphatic heterocycles. The third kappa shape index (κ3) is 5.71. The third-order valence-corrected chi connectivity index (χ3v) is 13.0. The maximum atomic E-state index is 6.20. The van der Waals surface area contributed by atoms with Gasteiger partial charge in [0, 0.05) is 32.7 Å². The van der Waals surface area contributed by atoms with Gasteiger partial charge in [-0.05, 0) is 122 Å². The van der Waals surface area contributed by atoms with Crippen LogP contribution in [0.3, 0.4) is 0 Å². The molecule has 3 aromatic heterocycles. The van der Waals surface area contributed by atoms with Crippen LogP contribution in [0, 0.1) is 6.92 Å². The fraction of sp³-hybridized carbons (Fsp3) is 0.0167. The Morgan fingerprint density at radius 3 is 1.52 bits per heavy atom. The van der Waals surface area contributed by atoms with E-state index < -0.39 is 0 Å². The first-order chi connectivity index (χ1) is 31.1. The second kappa shape index (κ2) is 13.9. The molecule has 13 rings (SSSR count). The van der Waals surface area contributed by atoms with Crippen molar-refractivity contribution in [3.05, 3.63) is 218 Å². The van der Waals surface area contributed by atoms with Gasteiger partial charge < -0.3 is 8.98 Å². The normalized spacial score (nSPS) is 11.9. The average Bonchev–Trinajstić information content (AvgIpc) is 3.88. The summed E-state index contributed by atoms with van der Waals surface area (Å²) < 4.78 is 8.66. The van der Waals surface area contributed by atoms with E-state index in [1.54, 1.807) is 0 Å². The molecule has 0 bridgehead atoms. The van der Waals surface area contributed by atoms with E-state index in [0.29, 0.717) is 0 Å². The minimum atomic E-state index is 0.908. The smallest absolute Gasteiger partial charge is 0.135 e. The van der Waals surface area contributed by atoms with Gasteiger partial charge in [-0.25, -0.2) is 4.98 Å². The number of benzene rings is 10. The van der Waals surface area contributed by atoms with Crippen molar-refractivity contribution in [1.29, 1.82) is 0 Å². The van der Waals surface area contributed by atoms with Gasteiger partial charge in [0.1, 0.15) is 11.2 Å². The first-order valence-electron chi connectivity index (χ1n) is 21.6. The molecule has 0 aliphatic carbocycles. The van der Waals surface area contributed by atoms with Crippen LogP contribution < -0.4 is 0 Å². The van der Waals surface area contributed by atoms with Crippen molar-refractivity contribution in [3.8, 4) is 50.5 Å². The Balaban J connectivity index is 1.10. The Morgan fingerprint density at radius 1 is 0.317 bits per heavy atom. The summed E-state index contributed by atoms with van der Waals surface area (Å²) in [7, 11) is 0. The molecule has 0 saturated heterocycles. The van der Waals surface area contributed by atoms with Gasteiger partial charge in [0.2, 0.25) is 0 Å². The van der Waals surface area contributed by atoms with Crippen molar-refractivity contribution >= 4 is 76.1 Å². The van der Waals surface area contributed by atoms with Crippen LogP contribution in [0.1, 0.15) is 5.56 Å². The topological polar surface area (TPSA) is 31.0 Å². The highest BCUT2D eigenvalue weighted by Gasteiger charge is 2.20. The van der Waals surface area contributed by atoms with Gasteiger partial charge in [-0.3, -0.25) is 0 Å². The molecule has 13 aromatic rings. The molecular weight excluding hydrogens is 765 g/mol. The molecular formula is C60H38N2O. The minimum Gasteiger partial charge on any atom is -0.456 e. The van der Waals surface area contributed by atoms with Crippen LogP contribution in [0.4, 0.5) is 0 Å². The lowest BCUT2D eigenvalue weighted by atomic mass is 9.91. The second-order valence-electron chi connectivity index (χ2n) is 16.8. The van der Waals surface area contributed by atoms with Gasteiger partial charge in [0.25, 0.3) is 0 Å². The van der Waals surface area contributed by atoms with Crippen LogP contribution in [0.15, 0.2) is 217 Å². The van der Waals surface area contributed by atoms with Crippen LogP contribution in [-0.4, -0.2) is 9.55 Å². The van der Waals surface area contributed by atoms with E-state index in [1.165, 1.54) is 70.9 Å². The van der Waals surface area contributed by atoms with Gasteiger partial charge in [-0.15, -0.1) is 0 Å². The number of pyridine rings is 1. The number of aromatic nitrogens is 2. The maximum absolute atomic E-state index is 6.20. The monoisotopic (exact) mass is 802 g/mol. The molecule has 0 saturated carbocycles. The molecule has 10 aromatic carbocycles. The fourth-order valence-corrected chi connectivity index (χ4v) is 9.91. The largest absolute Gasteiger partial charge is 0.456 e. The predicted octanol–water partition coefficient (Wildman–Crippen LogP) is 16.5. The third-order valence-electron chi connectivity index (χ3n) is 13.0. The zero-order valence-electron chi connectivity index (χ0n) is 34.5. The number of furan rings is 1. The van der Waals surface area contributed by atoms with Gasteiger partial charge in [-0.1, -0.05) is 157 Å². The lowest BCUT2D eigenvalue weighted by molar-refractivity contribution is 0.669. The quantitative estimate of drug-likeness (QED) is 0.162. The van der Waals surface area contributed by atoms with Crippen LogP contribution in [0.5, 0.6) is 0 Å². The Hall–Kier alpha value is -8.27. The van der Waals surface area contributed by atoms with Crippen LogP contribution in [-0.2, 0) is 0 Å². The summed E-state index contributed by atoms with van der Waals surface area (Å²) in [4.78, 5) is 5.27. The second-order valence-corrected chi connectivity index (χ2v) is 16.8. The molecule has 3 heterocycles. The van der Waals surface area contributed by atoms with Crippen molar-refractivity contribution < 1.29 is 4.42 Å². The molecule has 0 unspecified atom stereocenters. The average molecular weight is 803 g/mol. The van der Waals surface area contributed by atoms with E-state index in [-0.39, 0.29) is 0 Å². The Labute approximate surface area is 363 Å². The van der Waals surface area contributed by atoms with E-state index in [4.69, 9.17) is 9.40 Å². The number of hydrogen-bond acceptors (Lipinski definition) is 2. The molecule has 0 atom stereocenters. The highest BCUT2D eigenvalue weighted by Crippen LogP contribution is 2.44. The first-order valence-corrected chi connectivity index (χ1v) is 21.6. The molecule has 0 aliphatic rings. The maximum Gasteiger partial charge on any atom is 0.135 e. The SMILES string of the molecule is Cc1ccc(-c2ccc3c(c2)c2cc4c5ccc(-c6ccc7oc8ccccc8c7c6)cc5c5ccccc5c4cc2n3-c2cc(-c3ccccc3)nc(-c3ccccc3)c2)cc1. The summed E-state index contributed by atoms with van der Waals surface area (Å²) in [6, 6.07) is 77.1. The molecule has 0 fully saturated rings. The molecule has 3 heteroatoms. The molecule has 294 valence electrons. The summed E-state index contributed by atoms with van der Waals surface area (Å²) in [5.74, 6) is 0. The Morgan fingerprint density at radius 2 is 0.810 bits per heavy atom. The summed E-state index contributed by atoms with van der Waals surface area (Å²) >= 11 is 0. The van der Waals surface area contributed by atoms with Gasteiger partial charge >= 0.3 is 0 Å². The van der Waals surface area contributed by atoms with Crippen molar-refractivity contribution in [2.45, 2.75) is 6.92 Å². The zero-order chi connectivity index (χ0) is 41.6. The highest BCUT2D eigenvalue weighted by molar-refractivity contribution is 6.29. The van der Waals surface area contributed by atoms with Crippen LogP contribution in [0.2, 0.25) is 0 Å². The minimum absolute atomic E-state index is 0.908. The Kier molecular flexibility index (Phi) is 7.82. The number of hydrogen-bond donors (Lipinski definition) is 0. The molecule has 0 N–H and O–H groups in total. The van der Waals surface area contributed by atoms with Crippen molar-refractivity contribution in [3.63, 3.8) is 0 Å². The molecule has 0 radical (unpaired) electrons. The zero-order valence-corrected chi connectivity index (χ0v) is 34.5. The summed E-state index contributed by atoms with van der Waals surface area (Å²) in [6.45, 7) is 2.14. The van der Waals surface area contributed by atoms with Crippen molar-refractivity contribution in [1.82, 2.24) is 9.55 Å². The highest BCUT2D eigenvalue weighted by atomic mass is 16.3. The Bertz CT molecular complexity index is 3890. The summed E-state index contributed by atoms with van der Waals surface area (Å²) in [6.07, 6.45) is 0. The molecule has 3 nitrogen and oxygen atoms in total. The number of fused-ring (bicyclic) bond motifs is 12. The predicted molar refractivity (Wildman–Crippen MR) is 265 cm³/mol. The fourth-order valence-electron chi connectivity index (χ4n) is 9.91. The van der Waals surface area contributed by atoms with E-state index in [9.17, 15) is 0 Å². The van der Waals surface area contributed by atoms with E-state index in [2.05, 4.69) is 212 Å². The number of nitrogens with zero attached hydrogens (tertiary/aromatic N) is 2. The number of para-hydroxylation sites is 1. The van der Waals surface area contributed by atoms with Crippen LogP contribution in [0.25, 0.3) is 127 Å². The first kappa shape index (κ1) is 35.5. The number of rotatable bonds is 5. The van der Waals surface area contributed by atoms with Crippen molar-refractivity contribution in [2.24, 2.45) is 0 Å². The summed E-state index contributed by atoms with van der Waals surface area (Å²) in [5.41, 5.74) is 15.2. The standard InChI is InChI=1S/C60H38N2O/c1-37-20-22-38(23-21-37)41-25-28-57-52(31-41)53-35-50-47-27-24-42(43-26-29-60-54(32-43)48-18-10-11-19-59(48)63-60)30-49(47)45-16-8-9-17-46(45)51(50)36-58(53)62(57)44-33-55(39-12-4-2-5-13-39)61-56(34-44)40-14-6-3-7-15-40/h2-36H,1H3. The lowest BCUT2D eigenvalue weighted by Gasteiger charge is -2.15. The molecule has 63 heavy (non-hydrogen) atoms. The van der Waals surface area contributed by atoms with E-state index >= 15 is 0 Å².